The van der Waals surface area contributed by atoms with E-state index in [1.807, 2.05) is 6.07 Å². The van der Waals surface area contributed by atoms with E-state index in [2.05, 4.69) is 15.2 Å². The number of hydrogen-bond acceptors (Lipinski definition) is 2. The first-order valence-electron chi connectivity index (χ1n) is 5.66. The molecule has 0 saturated carbocycles. The van der Waals surface area contributed by atoms with Gasteiger partial charge in [-0.25, -0.2) is 8.78 Å². The molecule has 0 fully saturated rings. The van der Waals surface area contributed by atoms with E-state index >= 15 is 0 Å². The van der Waals surface area contributed by atoms with Crippen LogP contribution in [0, 0.1) is 11.6 Å². The summed E-state index contributed by atoms with van der Waals surface area (Å²) < 4.78 is 26.8. The Morgan fingerprint density at radius 2 is 1.95 bits per heavy atom. The quantitative estimate of drug-likeness (QED) is 0.764. The summed E-state index contributed by atoms with van der Waals surface area (Å²) in [4.78, 5) is 3.99. The van der Waals surface area contributed by atoms with Crippen LogP contribution in [0.1, 0.15) is 0 Å². The van der Waals surface area contributed by atoms with Crippen LogP contribution in [0.15, 0.2) is 48.8 Å². The van der Waals surface area contributed by atoms with Crippen molar-refractivity contribution in [1.29, 1.82) is 0 Å². The van der Waals surface area contributed by atoms with E-state index in [1.165, 1.54) is 12.1 Å². The smallest absolute Gasteiger partial charge is 0.168 e. The van der Waals surface area contributed by atoms with E-state index in [1.54, 1.807) is 24.5 Å². The molecule has 0 aliphatic rings. The van der Waals surface area contributed by atoms with Crippen molar-refractivity contribution in [1.82, 2.24) is 15.2 Å². The lowest BCUT2D eigenvalue weighted by Gasteiger charge is -1.99. The van der Waals surface area contributed by atoms with E-state index in [9.17, 15) is 8.78 Å². The Morgan fingerprint density at radius 1 is 1.05 bits per heavy atom. The monoisotopic (exact) mass is 257 g/mol. The van der Waals surface area contributed by atoms with Crippen molar-refractivity contribution in [2.45, 2.75) is 0 Å². The van der Waals surface area contributed by atoms with Crippen LogP contribution in [0.2, 0.25) is 0 Å². The van der Waals surface area contributed by atoms with E-state index in [4.69, 9.17) is 0 Å². The molecule has 0 aliphatic carbocycles. The summed E-state index contributed by atoms with van der Waals surface area (Å²) in [5.74, 6) is -1.76. The Balaban J connectivity index is 2.05. The lowest BCUT2D eigenvalue weighted by molar-refractivity contribution is 0.511. The fraction of sp³-hybridized carbons (Fsp3) is 0. The normalized spacial score (nSPS) is 10.6. The van der Waals surface area contributed by atoms with Crippen LogP contribution in [0.4, 0.5) is 8.78 Å². The van der Waals surface area contributed by atoms with Gasteiger partial charge in [0, 0.05) is 23.5 Å². The fourth-order valence-corrected chi connectivity index (χ4v) is 1.83. The van der Waals surface area contributed by atoms with Gasteiger partial charge in [-0.3, -0.25) is 10.1 Å². The molecule has 0 spiro atoms. The number of rotatable bonds is 2. The van der Waals surface area contributed by atoms with E-state index in [0.29, 0.717) is 11.4 Å². The first-order valence-corrected chi connectivity index (χ1v) is 5.66. The lowest BCUT2D eigenvalue weighted by Crippen LogP contribution is -1.88. The van der Waals surface area contributed by atoms with E-state index in [0.717, 1.165) is 11.6 Å². The number of H-pyrrole nitrogens is 1. The zero-order valence-electron chi connectivity index (χ0n) is 9.77. The second kappa shape index (κ2) is 4.61. The Labute approximate surface area is 107 Å². The molecule has 2 aromatic heterocycles. The van der Waals surface area contributed by atoms with Gasteiger partial charge in [0.1, 0.15) is 0 Å². The van der Waals surface area contributed by atoms with Crippen molar-refractivity contribution in [3.05, 3.63) is 60.4 Å². The largest absolute Gasteiger partial charge is 0.277 e. The third kappa shape index (κ3) is 2.10. The molecule has 5 heteroatoms. The molecular formula is C14H9F2N3. The standard InChI is InChI=1S/C14H9F2N3/c15-11-5-1-4-10(14(11)16)13-7-12(18-19-13)9-3-2-6-17-8-9/h1-8H,(H,18,19). The van der Waals surface area contributed by atoms with E-state index < -0.39 is 11.6 Å². The molecule has 1 aromatic carbocycles. The van der Waals surface area contributed by atoms with Crippen LogP contribution in [0.5, 0.6) is 0 Å². The molecule has 0 unspecified atom stereocenters. The zero-order chi connectivity index (χ0) is 13.2. The molecule has 1 N–H and O–H groups in total. The lowest BCUT2D eigenvalue weighted by atomic mass is 10.1. The summed E-state index contributed by atoms with van der Waals surface area (Å²) in [6.07, 6.45) is 3.31. The highest BCUT2D eigenvalue weighted by atomic mass is 19.2. The van der Waals surface area contributed by atoms with Gasteiger partial charge in [-0.15, -0.1) is 0 Å². The maximum atomic E-state index is 13.7. The molecule has 2 heterocycles. The molecule has 0 atom stereocenters. The number of aromatic amines is 1. The van der Waals surface area contributed by atoms with Gasteiger partial charge in [-0.05, 0) is 30.3 Å². The molecule has 0 amide bonds. The molecular weight excluding hydrogens is 248 g/mol. The molecule has 0 radical (unpaired) electrons. The average molecular weight is 257 g/mol. The SMILES string of the molecule is Fc1cccc(-c2cc(-c3cccnc3)n[nH]2)c1F. The highest BCUT2D eigenvalue weighted by Gasteiger charge is 2.12. The Hall–Kier alpha value is -2.56. The van der Waals surface area contributed by atoms with Crippen molar-refractivity contribution < 1.29 is 8.78 Å². The number of benzene rings is 1. The van der Waals surface area contributed by atoms with Crippen LogP contribution < -0.4 is 0 Å². The second-order valence-corrected chi connectivity index (χ2v) is 4.01. The van der Waals surface area contributed by atoms with Crippen molar-refractivity contribution >= 4 is 0 Å². The third-order valence-electron chi connectivity index (χ3n) is 2.78. The summed E-state index contributed by atoms with van der Waals surface area (Å²) in [6.45, 7) is 0. The first kappa shape index (κ1) is 11.5. The van der Waals surface area contributed by atoms with Crippen molar-refractivity contribution in [3.63, 3.8) is 0 Å². The summed E-state index contributed by atoms with van der Waals surface area (Å²) >= 11 is 0. The highest BCUT2D eigenvalue weighted by Crippen LogP contribution is 2.26. The topological polar surface area (TPSA) is 41.6 Å². The van der Waals surface area contributed by atoms with Gasteiger partial charge in [0.15, 0.2) is 11.6 Å². The molecule has 94 valence electrons. The molecule has 0 aliphatic heterocycles. The minimum Gasteiger partial charge on any atom is -0.277 e. The number of pyridine rings is 1. The summed E-state index contributed by atoms with van der Waals surface area (Å²) in [5.41, 5.74) is 2.02. The second-order valence-electron chi connectivity index (χ2n) is 4.01. The summed E-state index contributed by atoms with van der Waals surface area (Å²) in [6, 6.07) is 9.32. The summed E-state index contributed by atoms with van der Waals surface area (Å²) in [5, 5.41) is 6.78. The van der Waals surface area contributed by atoms with Crippen LogP contribution >= 0.6 is 0 Å². The van der Waals surface area contributed by atoms with Gasteiger partial charge in [-0.1, -0.05) is 6.07 Å². The van der Waals surface area contributed by atoms with Gasteiger partial charge in [0.25, 0.3) is 0 Å². The van der Waals surface area contributed by atoms with Gasteiger partial charge < -0.3 is 0 Å². The van der Waals surface area contributed by atoms with Crippen LogP contribution in [-0.4, -0.2) is 15.2 Å². The zero-order valence-corrected chi connectivity index (χ0v) is 9.77. The molecule has 0 saturated heterocycles. The minimum absolute atomic E-state index is 0.155. The Kier molecular flexibility index (Phi) is 2.79. The number of nitrogens with zero attached hydrogens (tertiary/aromatic N) is 2. The number of hydrogen-bond donors (Lipinski definition) is 1. The van der Waals surface area contributed by atoms with Crippen molar-refractivity contribution in [2.75, 3.05) is 0 Å². The van der Waals surface area contributed by atoms with Gasteiger partial charge in [-0.2, -0.15) is 5.10 Å². The molecule has 19 heavy (non-hydrogen) atoms. The van der Waals surface area contributed by atoms with Crippen LogP contribution in [0.25, 0.3) is 22.5 Å². The Morgan fingerprint density at radius 3 is 2.74 bits per heavy atom. The fourth-order valence-electron chi connectivity index (χ4n) is 1.83. The number of nitrogens with one attached hydrogen (secondary N) is 1. The predicted octanol–water partition coefficient (Wildman–Crippen LogP) is 3.42. The average Bonchev–Trinajstić information content (AvgIpc) is 2.92. The first-order chi connectivity index (χ1) is 9.25. The predicted molar refractivity (Wildman–Crippen MR) is 67.2 cm³/mol. The number of aromatic nitrogens is 3. The summed E-state index contributed by atoms with van der Waals surface area (Å²) in [7, 11) is 0. The van der Waals surface area contributed by atoms with Gasteiger partial charge in [0.2, 0.25) is 0 Å². The van der Waals surface area contributed by atoms with E-state index in [-0.39, 0.29) is 5.56 Å². The molecule has 3 aromatic rings. The molecule has 3 rings (SSSR count). The van der Waals surface area contributed by atoms with Crippen molar-refractivity contribution in [3.8, 4) is 22.5 Å². The molecule has 0 bridgehead atoms. The third-order valence-corrected chi connectivity index (χ3v) is 2.78. The maximum Gasteiger partial charge on any atom is 0.168 e. The van der Waals surface area contributed by atoms with Crippen LogP contribution in [0.3, 0.4) is 0 Å². The van der Waals surface area contributed by atoms with Crippen molar-refractivity contribution in [2.24, 2.45) is 0 Å². The van der Waals surface area contributed by atoms with Gasteiger partial charge >= 0.3 is 0 Å². The highest BCUT2D eigenvalue weighted by molar-refractivity contribution is 5.68. The number of halogens is 2. The van der Waals surface area contributed by atoms with Crippen LogP contribution in [-0.2, 0) is 0 Å². The minimum atomic E-state index is -0.885. The maximum absolute atomic E-state index is 13.7. The Bertz CT molecular complexity index is 708. The molecule has 3 nitrogen and oxygen atoms in total. The van der Waals surface area contributed by atoms with Gasteiger partial charge in [0.05, 0.1) is 11.4 Å².